The van der Waals surface area contributed by atoms with Crippen LogP contribution in [0.15, 0.2) is 36.9 Å². The molecule has 0 atom stereocenters. The Hall–Kier alpha value is -1.32. The molecular weight excluding hydrogens is 248 g/mol. The van der Waals surface area contributed by atoms with Gasteiger partial charge in [-0.25, -0.2) is 0 Å². The van der Waals surface area contributed by atoms with Crippen LogP contribution in [-0.4, -0.2) is 38.7 Å². The molecule has 0 saturated carbocycles. The lowest BCUT2D eigenvalue weighted by atomic mass is 9.93. The standard InChI is InChI=1S/C17H28N2O/c1-6-11-20-16-9-7-15(8-10-16)12-18-13-17(2,3)14-19(4)5/h6-10,18H,1,11-14H2,2-5H3. The van der Waals surface area contributed by atoms with E-state index in [-0.39, 0.29) is 5.41 Å². The highest BCUT2D eigenvalue weighted by molar-refractivity contribution is 5.27. The zero-order chi connectivity index (χ0) is 15.0. The van der Waals surface area contributed by atoms with Crippen molar-refractivity contribution in [3.8, 4) is 5.75 Å². The molecule has 0 aliphatic carbocycles. The number of ether oxygens (including phenoxy) is 1. The van der Waals surface area contributed by atoms with E-state index in [4.69, 9.17) is 4.74 Å². The van der Waals surface area contributed by atoms with E-state index in [9.17, 15) is 0 Å². The van der Waals surface area contributed by atoms with E-state index in [1.54, 1.807) is 6.08 Å². The van der Waals surface area contributed by atoms with E-state index in [1.807, 2.05) is 12.1 Å². The van der Waals surface area contributed by atoms with Crippen molar-refractivity contribution in [2.75, 3.05) is 33.8 Å². The molecule has 0 amide bonds. The molecule has 1 aromatic rings. The van der Waals surface area contributed by atoms with Crippen LogP contribution in [0.4, 0.5) is 0 Å². The van der Waals surface area contributed by atoms with Gasteiger partial charge in [-0.15, -0.1) is 0 Å². The molecule has 0 aliphatic heterocycles. The van der Waals surface area contributed by atoms with E-state index in [1.165, 1.54) is 5.56 Å². The number of rotatable bonds is 9. The van der Waals surface area contributed by atoms with Gasteiger partial charge < -0.3 is 15.0 Å². The Morgan fingerprint density at radius 2 is 1.90 bits per heavy atom. The van der Waals surface area contributed by atoms with Gasteiger partial charge >= 0.3 is 0 Å². The van der Waals surface area contributed by atoms with Crippen molar-refractivity contribution in [3.63, 3.8) is 0 Å². The predicted molar refractivity (Wildman–Crippen MR) is 86.2 cm³/mol. The Kier molecular flexibility index (Phi) is 6.76. The molecule has 0 aromatic heterocycles. The van der Waals surface area contributed by atoms with Crippen LogP contribution in [0.5, 0.6) is 5.75 Å². The predicted octanol–water partition coefficient (Wildman–Crippen LogP) is 2.93. The van der Waals surface area contributed by atoms with Gasteiger partial charge in [0.05, 0.1) is 0 Å². The lowest BCUT2D eigenvalue weighted by Crippen LogP contribution is -2.37. The van der Waals surface area contributed by atoms with Crippen molar-refractivity contribution >= 4 is 0 Å². The highest BCUT2D eigenvalue weighted by atomic mass is 16.5. The van der Waals surface area contributed by atoms with Crippen molar-refractivity contribution in [2.24, 2.45) is 5.41 Å². The molecule has 1 aromatic carbocycles. The molecule has 0 radical (unpaired) electrons. The fraction of sp³-hybridized carbons (Fsp3) is 0.529. The number of hydrogen-bond donors (Lipinski definition) is 1. The number of nitrogens with zero attached hydrogens (tertiary/aromatic N) is 1. The molecule has 1 rings (SSSR count). The summed E-state index contributed by atoms with van der Waals surface area (Å²) in [5.74, 6) is 0.890. The molecule has 3 heteroatoms. The smallest absolute Gasteiger partial charge is 0.119 e. The summed E-state index contributed by atoms with van der Waals surface area (Å²) in [5.41, 5.74) is 1.55. The second-order valence-corrected chi connectivity index (χ2v) is 6.25. The summed E-state index contributed by atoms with van der Waals surface area (Å²) in [7, 11) is 4.23. The summed E-state index contributed by atoms with van der Waals surface area (Å²) < 4.78 is 5.47. The summed E-state index contributed by atoms with van der Waals surface area (Å²) >= 11 is 0. The topological polar surface area (TPSA) is 24.5 Å². The maximum Gasteiger partial charge on any atom is 0.119 e. The summed E-state index contributed by atoms with van der Waals surface area (Å²) in [5, 5.41) is 3.53. The molecule has 20 heavy (non-hydrogen) atoms. The molecule has 0 heterocycles. The van der Waals surface area contributed by atoms with Gasteiger partial charge in [-0.2, -0.15) is 0 Å². The SMILES string of the molecule is C=CCOc1ccc(CNCC(C)(C)CN(C)C)cc1. The van der Waals surface area contributed by atoms with Crippen LogP contribution in [0.2, 0.25) is 0 Å². The number of nitrogens with one attached hydrogen (secondary N) is 1. The van der Waals surface area contributed by atoms with Crippen molar-refractivity contribution in [1.82, 2.24) is 10.2 Å². The van der Waals surface area contributed by atoms with Crippen LogP contribution in [0, 0.1) is 5.41 Å². The van der Waals surface area contributed by atoms with Crippen LogP contribution in [-0.2, 0) is 6.54 Å². The summed E-state index contributed by atoms with van der Waals surface area (Å²) in [6.45, 7) is 11.7. The zero-order valence-electron chi connectivity index (χ0n) is 13.3. The molecular formula is C17H28N2O. The maximum absolute atomic E-state index is 5.47. The summed E-state index contributed by atoms with van der Waals surface area (Å²) in [6.07, 6.45) is 1.75. The van der Waals surface area contributed by atoms with E-state index in [2.05, 4.69) is 56.9 Å². The van der Waals surface area contributed by atoms with Gasteiger partial charge in [0.2, 0.25) is 0 Å². The van der Waals surface area contributed by atoms with Gasteiger partial charge in [-0.3, -0.25) is 0 Å². The minimum absolute atomic E-state index is 0.274. The highest BCUT2D eigenvalue weighted by Crippen LogP contribution is 2.15. The average Bonchev–Trinajstić information content (AvgIpc) is 2.36. The van der Waals surface area contributed by atoms with Crippen LogP contribution in [0.1, 0.15) is 19.4 Å². The number of benzene rings is 1. The molecule has 3 nitrogen and oxygen atoms in total. The van der Waals surface area contributed by atoms with E-state index in [0.29, 0.717) is 6.61 Å². The summed E-state index contributed by atoms with van der Waals surface area (Å²) in [4.78, 5) is 2.23. The third-order valence-electron chi connectivity index (χ3n) is 2.97. The van der Waals surface area contributed by atoms with Crippen molar-refractivity contribution in [2.45, 2.75) is 20.4 Å². The second kappa shape index (κ2) is 8.08. The quantitative estimate of drug-likeness (QED) is 0.702. The molecule has 0 spiro atoms. The van der Waals surface area contributed by atoms with Gasteiger partial charge in [0.15, 0.2) is 0 Å². The monoisotopic (exact) mass is 276 g/mol. The van der Waals surface area contributed by atoms with Crippen molar-refractivity contribution in [1.29, 1.82) is 0 Å². The van der Waals surface area contributed by atoms with Crippen LogP contribution in [0.3, 0.4) is 0 Å². The zero-order valence-corrected chi connectivity index (χ0v) is 13.3. The van der Waals surface area contributed by atoms with Crippen LogP contribution >= 0.6 is 0 Å². The Balaban J connectivity index is 2.36. The third-order valence-corrected chi connectivity index (χ3v) is 2.97. The molecule has 0 fully saturated rings. The van der Waals surface area contributed by atoms with Gasteiger partial charge in [0.1, 0.15) is 12.4 Å². The first-order valence-electron chi connectivity index (χ1n) is 7.11. The van der Waals surface area contributed by atoms with Crippen molar-refractivity contribution < 1.29 is 4.74 Å². The Bertz CT molecular complexity index is 396. The average molecular weight is 276 g/mol. The second-order valence-electron chi connectivity index (χ2n) is 6.25. The van der Waals surface area contributed by atoms with E-state index >= 15 is 0 Å². The van der Waals surface area contributed by atoms with Crippen molar-refractivity contribution in [3.05, 3.63) is 42.5 Å². The normalized spacial score (nSPS) is 11.7. The van der Waals surface area contributed by atoms with E-state index in [0.717, 1.165) is 25.4 Å². The highest BCUT2D eigenvalue weighted by Gasteiger charge is 2.17. The molecule has 1 N–H and O–H groups in total. The van der Waals surface area contributed by atoms with Gasteiger partial charge in [0, 0.05) is 19.6 Å². The van der Waals surface area contributed by atoms with Crippen LogP contribution in [0.25, 0.3) is 0 Å². The first-order chi connectivity index (χ1) is 9.43. The largest absolute Gasteiger partial charge is 0.490 e. The minimum atomic E-state index is 0.274. The summed E-state index contributed by atoms with van der Waals surface area (Å²) in [6, 6.07) is 8.21. The Morgan fingerprint density at radius 3 is 2.45 bits per heavy atom. The first kappa shape index (κ1) is 16.7. The fourth-order valence-corrected chi connectivity index (χ4v) is 2.32. The lowest BCUT2D eigenvalue weighted by Gasteiger charge is -2.28. The molecule has 0 bridgehead atoms. The third kappa shape index (κ3) is 6.73. The first-order valence-corrected chi connectivity index (χ1v) is 7.11. The Morgan fingerprint density at radius 1 is 1.25 bits per heavy atom. The Labute approximate surface area is 123 Å². The van der Waals surface area contributed by atoms with Gasteiger partial charge in [0.25, 0.3) is 0 Å². The molecule has 0 aliphatic rings. The molecule has 0 unspecified atom stereocenters. The molecule has 112 valence electrons. The van der Waals surface area contributed by atoms with E-state index < -0.39 is 0 Å². The lowest BCUT2D eigenvalue weighted by molar-refractivity contribution is 0.232. The number of hydrogen-bond acceptors (Lipinski definition) is 3. The van der Waals surface area contributed by atoms with Crippen LogP contribution < -0.4 is 10.1 Å². The maximum atomic E-state index is 5.47. The fourth-order valence-electron chi connectivity index (χ4n) is 2.32. The van der Waals surface area contributed by atoms with Gasteiger partial charge in [-0.1, -0.05) is 38.6 Å². The minimum Gasteiger partial charge on any atom is -0.490 e. The molecule has 0 saturated heterocycles. The van der Waals surface area contributed by atoms with Gasteiger partial charge in [-0.05, 0) is 37.2 Å².